The molecule has 0 radical (unpaired) electrons. The van der Waals surface area contributed by atoms with Crippen molar-refractivity contribution in [2.24, 2.45) is 18.7 Å². The number of nitrogens with zero attached hydrogens (tertiary/aromatic N) is 3. The van der Waals surface area contributed by atoms with Gasteiger partial charge in [-0.1, -0.05) is 38.1 Å². The summed E-state index contributed by atoms with van der Waals surface area (Å²) in [5.74, 6) is -0.194. The van der Waals surface area contributed by atoms with Crippen LogP contribution in [-0.2, 0) is 23.2 Å². The number of hydrogen-bond acceptors (Lipinski definition) is 4. The van der Waals surface area contributed by atoms with Crippen LogP contribution in [0.5, 0.6) is 0 Å². The van der Waals surface area contributed by atoms with Crippen LogP contribution in [0.4, 0.5) is 0 Å². The van der Waals surface area contributed by atoms with Gasteiger partial charge in [0.2, 0.25) is 11.8 Å². The number of hydrogen-bond donors (Lipinski definition) is 2. The van der Waals surface area contributed by atoms with Crippen LogP contribution in [0.15, 0.2) is 36.5 Å². The molecule has 28 heavy (non-hydrogen) atoms. The standard InChI is InChI=1S/C21H29N5O2/c1-14(2)19(22)21(28)26-12-4-5-18(26)20(27)23-13-15-6-8-16(9-7-15)17-10-11-24-25(17)3/h6-11,14,18-19H,4-5,12-13,22H2,1-3H3,(H,23,27). The van der Waals surface area contributed by atoms with Gasteiger partial charge in [0.1, 0.15) is 6.04 Å². The van der Waals surface area contributed by atoms with Crippen molar-refractivity contribution in [3.8, 4) is 11.3 Å². The van der Waals surface area contributed by atoms with Crippen LogP contribution in [-0.4, -0.2) is 45.1 Å². The van der Waals surface area contributed by atoms with E-state index in [-0.39, 0.29) is 17.7 Å². The molecular formula is C21H29N5O2. The lowest BCUT2D eigenvalue weighted by Crippen LogP contribution is -2.52. The number of nitrogens with one attached hydrogen (secondary N) is 1. The largest absolute Gasteiger partial charge is 0.350 e. The third-order valence-electron chi connectivity index (χ3n) is 5.38. The molecule has 1 aliphatic rings. The second kappa shape index (κ2) is 8.56. The van der Waals surface area contributed by atoms with E-state index in [1.807, 2.05) is 55.9 Å². The molecule has 2 atom stereocenters. The molecule has 0 saturated carbocycles. The van der Waals surface area contributed by atoms with E-state index in [4.69, 9.17) is 5.73 Å². The summed E-state index contributed by atoms with van der Waals surface area (Å²) in [6.07, 6.45) is 3.28. The third-order valence-corrected chi connectivity index (χ3v) is 5.38. The van der Waals surface area contributed by atoms with Gasteiger partial charge in [-0.25, -0.2) is 0 Å². The molecule has 1 saturated heterocycles. The molecule has 7 heteroatoms. The summed E-state index contributed by atoms with van der Waals surface area (Å²) < 4.78 is 1.82. The van der Waals surface area contributed by atoms with Crippen LogP contribution < -0.4 is 11.1 Å². The molecule has 1 aliphatic heterocycles. The van der Waals surface area contributed by atoms with Crippen LogP contribution in [0.2, 0.25) is 0 Å². The Labute approximate surface area is 165 Å². The Balaban J connectivity index is 1.59. The number of benzene rings is 1. The lowest BCUT2D eigenvalue weighted by Gasteiger charge is -2.28. The first kappa shape index (κ1) is 20.1. The summed E-state index contributed by atoms with van der Waals surface area (Å²) >= 11 is 0. The number of aromatic nitrogens is 2. The Kier molecular flexibility index (Phi) is 6.14. The molecular weight excluding hydrogens is 354 g/mol. The maximum absolute atomic E-state index is 12.7. The van der Waals surface area contributed by atoms with E-state index < -0.39 is 12.1 Å². The van der Waals surface area contributed by atoms with Crippen molar-refractivity contribution in [3.63, 3.8) is 0 Å². The summed E-state index contributed by atoms with van der Waals surface area (Å²) in [5.41, 5.74) is 9.12. The normalized spacial score (nSPS) is 17.8. The Hall–Kier alpha value is -2.67. The predicted molar refractivity (Wildman–Crippen MR) is 108 cm³/mol. The highest BCUT2D eigenvalue weighted by Crippen LogP contribution is 2.21. The van der Waals surface area contributed by atoms with Gasteiger partial charge >= 0.3 is 0 Å². The molecule has 3 rings (SSSR count). The first-order valence-electron chi connectivity index (χ1n) is 9.79. The van der Waals surface area contributed by atoms with E-state index in [1.165, 1.54) is 0 Å². The Bertz CT molecular complexity index is 828. The van der Waals surface area contributed by atoms with Crippen molar-refractivity contribution in [1.82, 2.24) is 20.0 Å². The van der Waals surface area contributed by atoms with Crippen molar-refractivity contribution >= 4 is 11.8 Å². The Morgan fingerprint density at radius 1 is 1.25 bits per heavy atom. The van der Waals surface area contributed by atoms with Gasteiger partial charge in [-0.15, -0.1) is 0 Å². The predicted octanol–water partition coefficient (Wildman–Crippen LogP) is 1.68. The topological polar surface area (TPSA) is 93.2 Å². The quantitative estimate of drug-likeness (QED) is 0.794. The zero-order valence-corrected chi connectivity index (χ0v) is 16.8. The van der Waals surface area contributed by atoms with Crippen molar-refractivity contribution in [2.45, 2.75) is 45.3 Å². The molecule has 1 fully saturated rings. The average molecular weight is 383 g/mol. The number of rotatable bonds is 6. The van der Waals surface area contributed by atoms with Crippen LogP contribution in [0.3, 0.4) is 0 Å². The third kappa shape index (κ3) is 4.25. The van der Waals surface area contributed by atoms with Crippen molar-refractivity contribution < 1.29 is 9.59 Å². The summed E-state index contributed by atoms with van der Waals surface area (Å²) in [7, 11) is 1.91. The minimum absolute atomic E-state index is 0.0507. The van der Waals surface area contributed by atoms with E-state index >= 15 is 0 Å². The van der Waals surface area contributed by atoms with Gasteiger partial charge in [-0.05, 0) is 36.0 Å². The lowest BCUT2D eigenvalue weighted by molar-refractivity contribution is -0.140. The SMILES string of the molecule is CC(C)C(N)C(=O)N1CCCC1C(=O)NCc1ccc(-c2ccnn2C)cc1. The van der Waals surface area contributed by atoms with Gasteiger partial charge in [-0.2, -0.15) is 5.10 Å². The average Bonchev–Trinajstić information content (AvgIpc) is 3.34. The molecule has 3 N–H and O–H groups in total. The van der Waals surface area contributed by atoms with Crippen molar-refractivity contribution in [2.75, 3.05) is 6.54 Å². The van der Waals surface area contributed by atoms with Crippen molar-refractivity contribution in [3.05, 3.63) is 42.1 Å². The Morgan fingerprint density at radius 3 is 2.57 bits per heavy atom. The molecule has 0 aliphatic carbocycles. The lowest BCUT2D eigenvalue weighted by atomic mass is 10.0. The highest BCUT2D eigenvalue weighted by molar-refractivity contribution is 5.90. The molecule has 7 nitrogen and oxygen atoms in total. The van der Waals surface area contributed by atoms with E-state index in [2.05, 4.69) is 10.4 Å². The van der Waals surface area contributed by atoms with E-state index in [0.717, 1.165) is 23.2 Å². The minimum atomic E-state index is -0.562. The molecule has 0 spiro atoms. The highest BCUT2D eigenvalue weighted by Gasteiger charge is 2.36. The number of nitrogens with two attached hydrogens (primary N) is 1. The molecule has 150 valence electrons. The molecule has 2 unspecified atom stereocenters. The van der Waals surface area contributed by atoms with Crippen LogP contribution in [0.25, 0.3) is 11.3 Å². The zero-order valence-electron chi connectivity index (χ0n) is 16.8. The molecule has 1 aromatic carbocycles. The molecule has 0 bridgehead atoms. The fourth-order valence-corrected chi connectivity index (χ4v) is 3.54. The van der Waals surface area contributed by atoms with Gasteiger partial charge in [0.15, 0.2) is 0 Å². The number of aryl methyl sites for hydroxylation is 1. The van der Waals surface area contributed by atoms with E-state index in [9.17, 15) is 9.59 Å². The summed E-state index contributed by atoms with van der Waals surface area (Å²) in [6.45, 7) is 4.86. The molecule has 2 aromatic rings. The molecule has 2 amide bonds. The van der Waals surface area contributed by atoms with Gasteiger partial charge in [0.25, 0.3) is 0 Å². The zero-order chi connectivity index (χ0) is 20.3. The van der Waals surface area contributed by atoms with Gasteiger partial charge in [-0.3, -0.25) is 14.3 Å². The summed E-state index contributed by atoms with van der Waals surface area (Å²) in [5, 5.41) is 7.15. The van der Waals surface area contributed by atoms with Gasteiger partial charge < -0.3 is 16.0 Å². The van der Waals surface area contributed by atoms with Crippen LogP contribution in [0, 0.1) is 5.92 Å². The Morgan fingerprint density at radius 2 is 1.96 bits per heavy atom. The van der Waals surface area contributed by atoms with Crippen LogP contribution in [0.1, 0.15) is 32.3 Å². The first-order valence-corrected chi connectivity index (χ1v) is 9.79. The van der Waals surface area contributed by atoms with Crippen LogP contribution >= 0.6 is 0 Å². The molecule has 2 heterocycles. The number of carbonyl (C=O) groups excluding carboxylic acids is 2. The second-order valence-corrected chi connectivity index (χ2v) is 7.71. The highest BCUT2D eigenvalue weighted by atomic mass is 16.2. The number of carbonyl (C=O) groups is 2. The minimum Gasteiger partial charge on any atom is -0.350 e. The van der Waals surface area contributed by atoms with Crippen molar-refractivity contribution in [1.29, 1.82) is 0 Å². The summed E-state index contributed by atoms with van der Waals surface area (Å²) in [6, 6.07) is 9.00. The maximum Gasteiger partial charge on any atom is 0.243 e. The first-order chi connectivity index (χ1) is 13.4. The van der Waals surface area contributed by atoms with E-state index in [1.54, 1.807) is 11.1 Å². The van der Waals surface area contributed by atoms with E-state index in [0.29, 0.717) is 19.5 Å². The fourth-order valence-electron chi connectivity index (χ4n) is 3.54. The second-order valence-electron chi connectivity index (χ2n) is 7.71. The number of likely N-dealkylation sites (tertiary alicyclic amines) is 1. The van der Waals surface area contributed by atoms with Gasteiger partial charge in [0.05, 0.1) is 11.7 Å². The molecule has 1 aromatic heterocycles. The number of amides is 2. The summed E-state index contributed by atoms with van der Waals surface area (Å²) in [4.78, 5) is 26.9. The smallest absolute Gasteiger partial charge is 0.243 e. The fraction of sp³-hybridized carbons (Fsp3) is 0.476. The monoisotopic (exact) mass is 383 g/mol. The maximum atomic E-state index is 12.7. The van der Waals surface area contributed by atoms with Gasteiger partial charge in [0, 0.05) is 26.3 Å².